The number of carbonyl (C=O) groups is 1. The zero-order valence-electron chi connectivity index (χ0n) is 16.1. The molecule has 3 rings (SSSR count). The Morgan fingerprint density at radius 1 is 1.14 bits per heavy atom. The summed E-state index contributed by atoms with van der Waals surface area (Å²) in [7, 11) is 1.63. The number of nitrogens with zero attached hydrogens (tertiary/aromatic N) is 1. The summed E-state index contributed by atoms with van der Waals surface area (Å²) in [6.45, 7) is 4.08. The first-order valence-electron chi connectivity index (χ1n) is 8.83. The molecule has 0 saturated carbocycles. The average molecular weight is 428 g/mol. The highest BCUT2D eigenvalue weighted by atomic mass is 35.5. The summed E-state index contributed by atoms with van der Waals surface area (Å²) < 4.78 is 11.0. The minimum absolute atomic E-state index is 0. The van der Waals surface area contributed by atoms with Crippen molar-refractivity contribution in [3.63, 3.8) is 0 Å². The molecular formula is C20H27Cl2N3O3. The number of anilines is 1. The molecule has 28 heavy (non-hydrogen) atoms. The van der Waals surface area contributed by atoms with Gasteiger partial charge in [0.05, 0.1) is 23.9 Å². The van der Waals surface area contributed by atoms with Crippen LogP contribution in [0.5, 0.6) is 11.6 Å². The van der Waals surface area contributed by atoms with Crippen molar-refractivity contribution < 1.29 is 14.3 Å². The Morgan fingerprint density at radius 3 is 2.39 bits per heavy atom. The van der Waals surface area contributed by atoms with E-state index >= 15 is 0 Å². The van der Waals surface area contributed by atoms with Crippen molar-refractivity contribution >= 4 is 36.4 Å². The van der Waals surface area contributed by atoms with Crippen molar-refractivity contribution in [2.45, 2.75) is 19.8 Å². The molecule has 6 nitrogen and oxygen atoms in total. The molecule has 2 aromatic rings. The van der Waals surface area contributed by atoms with Crippen molar-refractivity contribution in [1.82, 2.24) is 10.3 Å². The molecule has 0 unspecified atom stereocenters. The SMILES string of the molecule is COCC1(C(=O)Nc2ccc(Oc3ccc(C)cc3)nc2)CCNCC1.Cl.Cl. The minimum atomic E-state index is -0.489. The van der Waals surface area contributed by atoms with Gasteiger partial charge < -0.3 is 20.1 Å². The summed E-state index contributed by atoms with van der Waals surface area (Å²) in [6.07, 6.45) is 3.13. The van der Waals surface area contributed by atoms with Gasteiger partial charge >= 0.3 is 0 Å². The maximum absolute atomic E-state index is 12.8. The van der Waals surface area contributed by atoms with Crippen LogP contribution in [0.4, 0.5) is 5.69 Å². The quantitative estimate of drug-likeness (QED) is 0.728. The Balaban J connectivity index is 0.00000196. The molecular weight excluding hydrogens is 401 g/mol. The van der Waals surface area contributed by atoms with Gasteiger partial charge in [-0.2, -0.15) is 0 Å². The highest BCUT2D eigenvalue weighted by Gasteiger charge is 2.39. The summed E-state index contributed by atoms with van der Waals surface area (Å²) >= 11 is 0. The topological polar surface area (TPSA) is 72.5 Å². The fraction of sp³-hybridized carbons (Fsp3) is 0.400. The molecule has 1 aliphatic rings. The predicted octanol–water partition coefficient (Wildman–Crippen LogP) is 3.98. The molecule has 1 aromatic carbocycles. The fourth-order valence-electron chi connectivity index (χ4n) is 3.12. The molecule has 0 atom stereocenters. The van der Waals surface area contributed by atoms with Gasteiger partial charge in [-0.25, -0.2) is 4.98 Å². The number of amides is 1. The monoisotopic (exact) mass is 427 g/mol. The van der Waals surface area contributed by atoms with Crippen LogP contribution in [-0.2, 0) is 9.53 Å². The van der Waals surface area contributed by atoms with E-state index < -0.39 is 5.41 Å². The van der Waals surface area contributed by atoms with E-state index in [0.29, 0.717) is 18.2 Å². The summed E-state index contributed by atoms with van der Waals surface area (Å²) in [5.74, 6) is 1.20. The van der Waals surface area contributed by atoms with Crippen molar-refractivity contribution in [2.24, 2.45) is 5.41 Å². The van der Waals surface area contributed by atoms with Crippen LogP contribution in [0.25, 0.3) is 0 Å². The van der Waals surface area contributed by atoms with Gasteiger partial charge in [0.1, 0.15) is 5.75 Å². The minimum Gasteiger partial charge on any atom is -0.439 e. The number of ether oxygens (including phenoxy) is 2. The number of aryl methyl sites for hydroxylation is 1. The Kier molecular flexibility index (Phi) is 9.69. The van der Waals surface area contributed by atoms with Crippen LogP contribution in [0.2, 0.25) is 0 Å². The lowest BCUT2D eigenvalue weighted by molar-refractivity contribution is -0.130. The second kappa shape index (κ2) is 11.2. The number of nitrogens with one attached hydrogen (secondary N) is 2. The maximum Gasteiger partial charge on any atom is 0.233 e. The zero-order valence-corrected chi connectivity index (χ0v) is 17.7. The van der Waals surface area contributed by atoms with Gasteiger partial charge in [-0.15, -0.1) is 24.8 Å². The first-order valence-corrected chi connectivity index (χ1v) is 8.83. The number of hydrogen-bond donors (Lipinski definition) is 2. The van der Waals surface area contributed by atoms with Crippen molar-refractivity contribution in [2.75, 3.05) is 32.1 Å². The van der Waals surface area contributed by atoms with Crippen LogP contribution in [0.1, 0.15) is 18.4 Å². The van der Waals surface area contributed by atoms with Crippen LogP contribution >= 0.6 is 24.8 Å². The van der Waals surface area contributed by atoms with Gasteiger partial charge in [0.2, 0.25) is 11.8 Å². The molecule has 8 heteroatoms. The van der Waals surface area contributed by atoms with E-state index in [2.05, 4.69) is 15.6 Å². The summed E-state index contributed by atoms with van der Waals surface area (Å²) in [5.41, 5.74) is 1.34. The lowest BCUT2D eigenvalue weighted by atomic mass is 9.78. The number of aromatic nitrogens is 1. The molecule has 1 saturated heterocycles. The van der Waals surface area contributed by atoms with E-state index in [0.717, 1.165) is 31.7 Å². The Labute approximate surface area is 178 Å². The van der Waals surface area contributed by atoms with Crippen LogP contribution in [0, 0.1) is 12.3 Å². The number of carbonyl (C=O) groups excluding carboxylic acids is 1. The lowest BCUT2D eigenvalue weighted by Gasteiger charge is -2.35. The third kappa shape index (κ3) is 6.07. The van der Waals surface area contributed by atoms with Crippen LogP contribution in [-0.4, -0.2) is 37.7 Å². The van der Waals surface area contributed by atoms with E-state index in [1.165, 1.54) is 5.56 Å². The molecule has 1 fully saturated rings. The van der Waals surface area contributed by atoms with Gasteiger partial charge in [-0.05, 0) is 51.1 Å². The second-order valence-corrected chi connectivity index (χ2v) is 6.72. The summed E-state index contributed by atoms with van der Waals surface area (Å²) in [5, 5.41) is 6.26. The molecule has 0 spiro atoms. The van der Waals surface area contributed by atoms with E-state index in [1.54, 1.807) is 25.4 Å². The van der Waals surface area contributed by atoms with Crippen LogP contribution in [0.3, 0.4) is 0 Å². The predicted molar refractivity (Wildman–Crippen MR) is 115 cm³/mol. The van der Waals surface area contributed by atoms with Crippen molar-refractivity contribution in [3.8, 4) is 11.6 Å². The van der Waals surface area contributed by atoms with E-state index in [4.69, 9.17) is 9.47 Å². The fourth-order valence-corrected chi connectivity index (χ4v) is 3.12. The molecule has 2 heterocycles. The van der Waals surface area contributed by atoms with Crippen LogP contribution in [0.15, 0.2) is 42.6 Å². The Bertz CT molecular complexity index is 728. The van der Waals surface area contributed by atoms with Gasteiger partial charge in [0, 0.05) is 13.2 Å². The molecule has 154 valence electrons. The number of methoxy groups -OCH3 is 1. The molecule has 1 aliphatic heterocycles. The smallest absolute Gasteiger partial charge is 0.233 e. The summed E-state index contributed by atoms with van der Waals surface area (Å²) in [6, 6.07) is 11.3. The van der Waals surface area contributed by atoms with Crippen molar-refractivity contribution in [3.05, 3.63) is 48.2 Å². The summed E-state index contributed by atoms with van der Waals surface area (Å²) in [4.78, 5) is 17.1. The molecule has 0 radical (unpaired) electrons. The average Bonchev–Trinajstić information content (AvgIpc) is 2.66. The van der Waals surface area contributed by atoms with E-state index in [1.807, 2.05) is 31.2 Å². The Morgan fingerprint density at radius 2 is 1.82 bits per heavy atom. The first kappa shape index (κ1) is 24.2. The van der Waals surface area contributed by atoms with Gasteiger partial charge in [-0.3, -0.25) is 4.79 Å². The van der Waals surface area contributed by atoms with E-state index in [9.17, 15) is 4.79 Å². The van der Waals surface area contributed by atoms with Gasteiger partial charge in [0.15, 0.2) is 0 Å². The number of pyridine rings is 1. The molecule has 0 aliphatic carbocycles. The van der Waals surface area contributed by atoms with Crippen molar-refractivity contribution in [1.29, 1.82) is 0 Å². The van der Waals surface area contributed by atoms with E-state index in [-0.39, 0.29) is 30.7 Å². The van der Waals surface area contributed by atoms with Gasteiger partial charge in [0.25, 0.3) is 0 Å². The third-order valence-electron chi connectivity index (χ3n) is 4.70. The Hall–Kier alpha value is -1.86. The number of piperidine rings is 1. The zero-order chi connectivity index (χ0) is 18.4. The highest BCUT2D eigenvalue weighted by Crippen LogP contribution is 2.31. The normalized spacial score (nSPS) is 14.9. The lowest BCUT2D eigenvalue weighted by Crippen LogP contribution is -2.47. The maximum atomic E-state index is 12.8. The molecule has 0 bridgehead atoms. The number of rotatable bonds is 6. The molecule has 2 N–H and O–H groups in total. The molecule has 1 amide bonds. The largest absolute Gasteiger partial charge is 0.439 e. The van der Waals surface area contributed by atoms with Crippen LogP contribution < -0.4 is 15.4 Å². The number of hydrogen-bond acceptors (Lipinski definition) is 5. The second-order valence-electron chi connectivity index (χ2n) is 6.72. The van der Waals surface area contributed by atoms with Gasteiger partial charge in [-0.1, -0.05) is 17.7 Å². The first-order chi connectivity index (χ1) is 12.6. The number of benzene rings is 1. The highest BCUT2D eigenvalue weighted by molar-refractivity contribution is 5.95. The molecule has 1 aromatic heterocycles. The number of halogens is 2. The standard InChI is InChI=1S/C20H25N3O3.2ClH/c1-15-3-6-17(7-4-15)26-18-8-5-16(13-22-18)23-19(24)20(14-25-2)9-11-21-12-10-20;;/h3-8,13,21H,9-12,14H2,1-2H3,(H,23,24);2*1H. The third-order valence-corrected chi connectivity index (χ3v) is 4.70.